The van der Waals surface area contributed by atoms with Crippen molar-refractivity contribution in [2.75, 3.05) is 39.3 Å². The van der Waals surface area contributed by atoms with Crippen molar-refractivity contribution in [1.82, 2.24) is 15.1 Å². The average Bonchev–Trinajstić information content (AvgIpc) is 3.23. The maximum absolute atomic E-state index is 12.5. The number of fused-ring (bicyclic) bond motifs is 3. The maximum Gasteiger partial charge on any atom is 0.226 e. The monoisotopic (exact) mass is 851 g/mol. The molecule has 3 heterocycles. The first-order valence-corrected chi connectivity index (χ1v) is 22.4. The molecule has 0 aromatic heterocycles. The van der Waals surface area contributed by atoms with E-state index < -0.39 is 16.2 Å². The first-order valence-electron chi connectivity index (χ1n) is 22.4. The van der Waals surface area contributed by atoms with Crippen molar-refractivity contribution in [1.29, 1.82) is 10.5 Å². The van der Waals surface area contributed by atoms with Gasteiger partial charge in [0.1, 0.15) is 12.1 Å². The zero-order valence-corrected chi connectivity index (χ0v) is 38.5. The molecule has 3 aliphatic carbocycles. The van der Waals surface area contributed by atoms with E-state index in [1.807, 2.05) is 71.9 Å². The SMILES string of the molecule is C.CC1(C)C(=O)C(C#N)=C[C@@]2(C)CN(Cc3ccccc3)CC[C@H]12.CC1(C)C(=O)C(C#N)=C[C@]2(C)CN(Cc3ccccc3)CC[C@@H]12.[C-]#[N+]C1=C[C@]2(C)CNCC[C@H]2C(C)(C)C1=O. The molecule has 63 heavy (non-hydrogen) atoms. The largest absolute Gasteiger partial charge is 0.316 e. The summed E-state index contributed by atoms with van der Waals surface area (Å²) in [6, 6.07) is 25.2. The van der Waals surface area contributed by atoms with E-state index in [0.29, 0.717) is 34.6 Å². The van der Waals surface area contributed by atoms with Crippen LogP contribution in [0, 0.1) is 79.5 Å². The molecule has 3 saturated heterocycles. The van der Waals surface area contributed by atoms with Gasteiger partial charge in [0.05, 0.1) is 17.7 Å². The number of nitrogens with zero attached hydrogens (tertiary/aromatic N) is 5. The summed E-state index contributed by atoms with van der Waals surface area (Å²) in [6.07, 6.45) is 8.79. The molecule has 3 aliphatic heterocycles. The fourth-order valence-corrected chi connectivity index (χ4v) is 12.6. The van der Waals surface area contributed by atoms with Gasteiger partial charge in [-0.05, 0) is 73.2 Å². The number of rotatable bonds is 4. The number of nitrogens with one attached hydrogen (secondary N) is 1. The quantitative estimate of drug-likeness (QED) is 0.302. The smallest absolute Gasteiger partial charge is 0.226 e. The van der Waals surface area contributed by atoms with Crippen LogP contribution in [0.15, 0.2) is 95.7 Å². The lowest BCUT2D eigenvalue weighted by Gasteiger charge is -2.53. The average molecular weight is 851 g/mol. The number of Topliss-reactive ketones (excluding diaryl/α,β-unsaturated/α-hetero) is 3. The van der Waals surface area contributed by atoms with Gasteiger partial charge in [-0.15, -0.1) is 0 Å². The molecule has 0 bridgehead atoms. The zero-order valence-electron chi connectivity index (χ0n) is 38.5. The normalized spacial score (nSPS) is 31.6. The van der Waals surface area contributed by atoms with Crippen molar-refractivity contribution in [2.24, 2.45) is 50.2 Å². The zero-order chi connectivity index (χ0) is 45.3. The minimum Gasteiger partial charge on any atom is -0.316 e. The second kappa shape index (κ2) is 18.6. The maximum atomic E-state index is 12.5. The Balaban J connectivity index is 0.000000180. The van der Waals surface area contributed by atoms with Crippen molar-refractivity contribution in [3.63, 3.8) is 0 Å². The number of ketones is 3. The molecule has 0 amide bonds. The summed E-state index contributed by atoms with van der Waals surface area (Å²) in [6.45, 7) is 33.2. The molecule has 0 saturated carbocycles. The second-order valence-corrected chi connectivity index (χ2v) is 21.2. The Kier molecular flexibility index (Phi) is 14.5. The Labute approximate surface area is 378 Å². The number of benzene rings is 2. The summed E-state index contributed by atoms with van der Waals surface area (Å²) < 4.78 is 0. The molecule has 9 nitrogen and oxygen atoms in total. The molecule has 0 spiro atoms. The van der Waals surface area contributed by atoms with E-state index in [1.54, 1.807) is 0 Å². The molecule has 0 unspecified atom stereocenters. The molecule has 6 aliphatic rings. The molecular weight excluding hydrogens is 781 g/mol. The van der Waals surface area contributed by atoms with Gasteiger partial charge in [0, 0.05) is 59.8 Å². The summed E-state index contributed by atoms with van der Waals surface area (Å²) in [5.41, 5.74) is 2.06. The van der Waals surface area contributed by atoms with Gasteiger partial charge >= 0.3 is 0 Å². The van der Waals surface area contributed by atoms with Crippen LogP contribution < -0.4 is 5.32 Å². The van der Waals surface area contributed by atoms with Crippen molar-refractivity contribution in [3.05, 3.63) is 118 Å². The number of allylic oxidation sites excluding steroid dienone is 3. The molecule has 0 radical (unpaired) electrons. The van der Waals surface area contributed by atoms with Gasteiger partial charge in [0.25, 0.3) is 0 Å². The van der Waals surface area contributed by atoms with Crippen LogP contribution in [0.3, 0.4) is 0 Å². The first kappa shape index (κ1) is 49.0. The Morgan fingerprint density at radius 3 is 1.41 bits per heavy atom. The lowest BCUT2D eigenvalue weighted by molar-refractivity contribution is -0.132. The number of carbonyl (C=O) groups is 3. The van der Waals surface area contributed by atoms with Gasteiger partial charge in [0.2, 0.25) is 5.70 Å². The molecule has 2 aromatic carbocycles. The van der Waals surface area contributed by atoms with Gasteiger partial charge < -0.3 is 10.1 Å². The molecule has 1 N–H and O–H groups in total. The Bertz CT molecular complexity index is 2150. The second-order valence-electron chi connectivity index (χ2n) is 21.2. The standard InChI is InChI=1S/2C20H24N2O.C13H18N2O.CH4/c2*1-19(2)17-9-10-22(13-15-7-5-4-6-8-15)14-20(17,3)11-16(12-21)18(19)23;1-12(2)10-5-6-15-8-13(10,3)7-9(14-4)11(12)16;/h2*4-8,11,17H,9-10,13-14H2,1-3H3;7,10,15H,5-6,8H2,1-3H3;1H4/t2*17-,20+;10-,13+;/m100./s1. The molecule has 2 aromatic rings. The summed E-state index contributed by atoms with van der Waals surface area (Å²) in [5.74, 6) is 0.988. The Morgan fingerprint density at radius 2 is 1.02 bits per heavy atom. The van der Waals surface area contributed by atoms with E-state index in [-0.39, 0.29) is 41.0 Å². The van der Waals surface area contributed by atoms with Crippen LogP contribution in [0.2, 0.25) is 0 Å². The van der Waals surface area contributed by atoms with Crippen LogP contribution in [0.4, 0.5) is 0 Å². The van der Waals surface area contributed by atoms with E-state index in [2.05, 4.69) is 101 Å². The molecule has 3 fully saturated rings. The number of hydrogen-bond donors (Lipinski definition) is 1. The van der Waals surface area contributed by atoms with Gasteiger partial charge in [-0.2, -0.15) is 10.5 Å². The summed E-state index contributed by atoms with van der Waals surface area (Å²) >= 11 is 0. The number of hydrogen-bond acceptors (Lipinski definition) is 8. The van der Waals surface area contributed by atoms with Gasteiger partial charge in [-0.1, -0.05) is 149 Å². The minimum absolute atomic E-state index is 0. The summed E-state index contributed by atoms with van der Waals surface area (Å²) in [5, 5.41) is 22.1. The van der Waals surface area contributed by atoms with E-state index in [4.69, 9.17) is 6.57 Å². The van der Waals surface area contributed by atoms with Crippen LogP contribution in [0.1, 0.15) is 100 Å². The van der Waals surface area contributed by atoms with Crippen LogP contribution >= 0.6 is 0 Å². The fraction of sp³-hybridized carbons (Fsp3) is 0.556. The van der Waals surface area contributed by atoms with Crippen molar-refractivity contribution >= 4 is 17.3 Å². The van der Waals surface area contributed by atoms with E-state index in [1.165, 1.54) is 11.1 Å². The van der Waals surface area contributed by atoms with Crippen molar-refractivity contribution in [2.45, 2.75) is 102 Å². The third-order valence-electron chi connectivity index (χ3n) is 15.5. The Morgan fingerprint density at radius 1 is 0.619 bits per heavy atom. The Hall–Kier alpha value is -4.98. The molecule has 9 heteroatoms. The van der Waals surface area contributed by atoms with Gasteiger partial charge in [0.15, 0.2) is 17.3 Å². The van der Waals surface area contributed by atoms with Gasteiger partial charge in [-0.25, -0.2) is 4.85 Å². The van der Waals surface area contributed by atoms with E-state index >= 15 is 0 Å². The van der Waals surface area contributed by atoms with Crippen LogP contribution in [-0.4, -0.2) is 66.4 Å². The molecular formula is C54H70N6O3. The minimum atomic E-state index is -0.451. The highest BCUT2D eigenvalue weighted by Crippen LogP contribution is 2.54. The van der Waals surface area contributed by atoms with Gasteiger partial charge in [-0.3, -0.25) is 19.4 Å². The van der Waals surface area contributed by atoms with Crippen LogP contribution in [0.5, 0.6) is 0 Å². The third kappa shape index (κ3) is 9.61. The predicted octanol–water partition coefficient (Wildman–Crippen LogP) is 9.80. The molecule has 8 rings (SSSR count). The van der Waals surface area contributed by atoms with Crippen LogP contribution in [0.25, 0.3) is 4.85 Å². The summed E-state index contributed by atoms with van der Waals surface area (Å²) in [4.78, 5) is 45.5. The fourth-order valence-electron chi connectivity index (χ4n) is 12.6. The lowest BCUT2D eigenvalue weighted by atomic mass is 9.55. The highest BCUT2D eigenvalue weighted by atomic mass is 16.1. The third-order valence-corrected chi connectivity index (χ3v) is 15.5. The topological polar surface area (TPSA) is 122 Å². The first-order chi connectivity index (χ1) is 29.1. The number of carbonyl (C=O) groups excluding carboxylic acids is 3. The van der Waals surface area contributed by atoms with Crippen molar-refractivity contribution in [3.8, 4) is 12.1 Å². The summed E-state index contributed by atoms with van der Waals surface area (Å²) in [7, 11) is 0. The number of likely N-dealkylation sites (tertiary alicyclic amines) is 2. The number of nitriles is 2. The lowest BCUT2D eigenvalue weighted by Crippen LogP contribution is -2.55. The van der Waals surface area contributed by atoms with E-state index in [0.717, 1.165) is 71.6 Å². The highest BCUT2D eigenvalue weighted by Gasteiger charge is 2.55. The molecule has 334 valence electrons. The van der Waals surface area contributed by atoms with E-state index in [9.17, 15) is 24.9 Å². The number of piperidine rings is 3. The van der Waals surface area contributed by atoms with Crippen molar-refractivity contribution < 1.29 is 14.4 Å². The highest BCUT2D eigenvalue weighted by molar-refractivity contribution is 6.05. The van der Waals surface area contributed by atoms with Crippen LogP contribution in [-0.2, 0) is 27.5 Å². The predicted molar refractivity (Wildman–Crippen MR) is 250 cm³/mol. The molecule has 6 atom stereocenters.